The Morgan fingerprint density at radius 2 is 1.86 bits per heavy atom. The summed E-state index contributed by atoms with van der Waals surface area (Å²) in [6.45, 7) is 9.28. The van der Waals surface area contributed by atoms with E-state index in [4.69, 9.17) is 9.72 Å². The summed E-state index contributed by atoms with van der Waals surface area (Å²) >= 11 is 1.73. The Hall–Kier alpha value is -1.23. The van der Waals surface area contributed by atoms with Crippen molar-refractivity contribution in [1.82, 2.24) is 9.88 Å². The molecule has 0 bridgehead atoms. The number of ether oxygens (including phenoxy) is 1. The molecule has 3 nitrogen and oxygen atoms in total. The van der Waals surface area contributed by atoms with Crippen molar-refractivity contribution in [3.63, 3.8) is 0 Å². The molecule has 1 aliphatic heterocycles. The second-order valence-corrected chi connectivity index (χ2v) is 6.82. The van der Waals surface area contributed by atoms with Crippen LogP contribution in [-0.4, -0.2) is 35.2 Å². The predicted molar refractivity (Wildman–Crippen MR) is 87.6 cm³/mol. The molecule has 0 N–H and O–H groups in total. The Labute approximate surface area is 130 Å². The average molecular weight is 302 g/mol. The van der Waals surface area contributed by atoms with Gasteiger partial charge < -0.3 is 4.74 Å². The number of nitrogens with zero attached hydrogens (tertiary/aromatic N) is 2. The summed E-state index contributed by atoms with van der Waals surface area (Å²) in [5.74, 6) is 0. The molecule has 1 saturated heterocycles. The molecule has 1 aromatic carbocycles. The molecule has 2 atom stereocenters. The van der Waals surface area contributed by atoms with Gasteiger partial charge in [-0.25, -0.2) is 4.98 Å². The summed E-state index contributed by atoms with van der Waals surface area (Å²) in [6.07, 6.45) is 0.618. The largest absolute Gasteiger partial charge is 0.373 e. The average Bonchev–Trinajstić information content (AvgIpc) is 2.87. The Kier molecular flexibility index (Phi) is 4.38. The van der Waals surface area contributed by atoms with Crippen molar-refractivity contribution in [1.29, 1.82) is 0 Å². The summed E-state index contributed by atoms with van der Waals surface area (Å²) in [5.41, 5.74) is 3.66. The summed E-state index contributed by atoms with van der Waals surface area (Å²) in [5, 5.41) is 3.29. The maximum absolute atomic E-state index is 5.78. The van der Waals surface area contributed by atoms with E-state index in [1.165, 1.54) is 11.1 Å². The van der Waals surface area contributed by atoms with Gasteiger partial charge in [-0.3, -0.25) is 4.90 Å². The molecule has 1 aromatic heterocycles. The third-order valence-corrected chi connectivity index (χ3v) is 4.67. The SMILES string of the molecule is Cc1ccc(-c2nc(CN3C[C@@H](C)O[C@H](C)C3)cs2)cc1. The highest BCUT2D eigenvalue weighted by Gasteiger charge is 2.22. The van der Waals surface area contributed by atoms with Crippen molar-refractivity contribution < 1.29 is 4.74 Å². The third kappa shape index (κ3) is 3.70. The summed E-state index contributed by atoms with van der Waals surface area (Å²) < 4.78 is 5.78. The number of morpholine rings is 1. The molecule has 21 heavy (non-hydrogen) atoms. The van der Waals surface area contributed by atoms with E-state index in [0.717, 1.165) is 30.3 Å². The van der Waals surface area contributed by atoms with Crippen molar-refractivity contribution in [2.24, 2.45) is 0 Å². The maximum Gasteiger partial charge on any atom is 0.123 e. The molecule has 0 unspecified atom stereocenters. The van der Waals surface area contributed by atoms with Crippen LogP contribution in [0.15, 0.2) is 29.6 Å². The highest BCUT2D eigenvalue weighted by Crippen LogP contribution is 2.25. The maximum atomic E-state index is 5.78. The van der Waals surface area contributed by atoms with Gasteiger partial charge in [0.25, 0.3) is 0 Å². The van der Waals surface area contributed by atoms with Gasteiger partial charge in [0.15, 0.2) is 0 Å². The van der Waals surface area contributed by atoms with Crippen LogP contribution in [0.2, 0.25) is 0 Å². The first-order valence-electron chi connectivity index (χ1n) is 7.49. The first-order valence-corrected chi connectivity index (χ1v) is 8.37. The number of aromatic nitrogens is 1. The van der Waals surface area contributed by atoms with Crippen LogP contribution in [0, 0.1) is 6.92 Å². The Morgan fingerprint density at radius 1 is 1.19 bits per heavy atom. The minimum Gasteiger partial charge on any atom is -0.373 e. The Balaban J connectivity index is 1.69. The van der Waals surface area contributed by atoms with Gasteiger partial charge in [0.1, 0.15) is 5.01 Å². The number of aryl methyl sites for hydroxylation is 1. The van der Waals surface area contributed by atoms with Gasteiger partial charge in [0.05, 0.1) is 17.9 Å². The first-order chi connectivity index (χ1) is 10.1. The van der Waals surface area contributed by atoms with Crippen molar-refractivity contribution >= 4 is 11.3 Å². The van der Waals surface area contributed by atoms with Gasteiger partial charge in [0.2, 0.25) is 0 Å². The minimum atomic E-state index is 0.309. The Morgan fingerprint density at radius 3 is 2.52 bits per heavy atom. The molecule has 3 rings (SSSR count). The van der Waals surface area contributed by atoms with E-state index < -0.39 is 0 Å². The molecule has 0 spiro atoms. The van der Waals surface area contributed by atoms with Gasteiger partial charge in [-0.15, -0.1) is 11.3 Å². The molecular formula is C17H22N2OS. The molecular weight excluding hydrogens is 280 g/mol. The lowest BCUT2D eigenvalue weighted by Crippen LogP contribution is -2.44. The van der Waals surface area contributed by atoms with Crippen LogP contribution in [-0.2, 0) is 11.3 Å². The van der Waals surface area contributed by atoms with E-state index in [1.807, 2.05) is 0 Å². The quantitative estimate of drug-likeness (QED) is 0.864. The number of thiazole rings is 1. The van der Waals surface area contributed by atoms with Crippen LogP contribution >= 0.6 is 11.3 Å². The highest BCUT2D eigenvalue weighted by atomic mass is 32.1. The number of hydrogen-bond donors (Lipinski definition) is 0. The lowest BCUT2D eigenvalue weighted by molar-refractivity contribution is -0.0707. The molecule has 112 valence electrons. The normalized spacial score (nSPS) is 23.4. The molecule has 0 aliphatic carbocycles. The molecule has 0 amide bonds. The minimum absolute atomic E-state index is 0.309. The van der Waals surface area contributed by atoms with Gasteiger partial charge in [-0.2, -0.15) is 0 Å². The van der Waals surface area contributed by atoms with Crippen molar-refractivity contribution in [2.45, 2.75) is 39.5 Å². The van der Waals surface area contributed by atoms with Crippen LogP contribution in [0.4, 0.5) is 0 Å². The standard InChI is InChI=1S/C17H22N2OS/c1-12-4-6-15(7-5-12)17-18-16(11-21-17)10-19-8-13(2)20-14(3)9-19/h4-7,11,13-14H,8-10H2,1-3H3/t13-,14-/m1/s1. The van der Waals surface area contributed by atoms with Crippen LogP contribution < -0.4 is 0 Å². The van der Waals surface area contributed by atoms with Gasteiger partial charge in [0, 0.05) is 30.6 Å². The van der Waals surface area contributed by atoms with Crippen LogP contribution in [0.1, 0.15) is 25.1 Å². The second kappa shape index (κ2) is 6.26. The summed E-state index contributed by atoms with van der Waals surface area (Å²) in [6, 6.07) is 8.58. The fourth-order valence-electron chi connectivity index (χ4n) is 2.85. The van der Waals surface area contributed by atoms with Crippen molar-refractivity contribution in [3.05, 3.63) is 40.9 Å². The zero-order valence-corrected chi connectivity index (χ0v) is 13.7. The van der Waals surface area contributed by atoms with E-state index in [0.29, 0.717) is 12.2 Å². The first kappa shape index (κ1) is 14.7. The van der Waals surface area contributed by atoms with Crippen LogP contribution in [0.5, 0.6) is 0 Å². The molecule has 2 heterocycles. The molecule has 0 saturated carbocycles. The zero-order valence-electron chi connectivity index (χ0n) is 12.9. The molecule has 1 fully saturated rings. The molecule has 0 radical (unpaired) electrons. The number of benzene rings is 1. The van der Waals surface area contributed by atoms with E-state index in [1.54, 1.807) is 11.3 Å². The number of rotatable bonds is 3. The molecule has 4 heteroatoms. The lowest BCUT2D eigenvalue weighted by Gasteiger charge is -2.34. The van der Waals surface area contributed by atoms with Crippen molar-refractivity contribution in [3.8, 4) is 10.6 Å². The topological polar surface area (TPSA) is 25.4 Å². The summed E-state index contributed by atoms with van der Waals surface area (Å²) in [7, 11) is 0. The monoisotopic (exact) mass is 302 g/mol. The van der Waals surface area contributed by atoms with Gasteiger partial charge in [-0.1, -0.05) is 29.8 Å². The second-order valence-electron chi connectivity index (χ2n) is 5.96. The van der Waals surface area contributed by atoms with E-state index >= 15 is 0 Å². The van der Waals surface area contributed by atoms with Crippen LogP contribution in [0.3, 0.4) is 0 Å². The lowest BCUT2D eigenvalue weighted by atomic mass is 10.2. The molecule has 2 aromatic rings. The predicted octanol–water partition coefficient (Wildman–Crippen LogP) is 3.73. The third-order valence-electron chi connectivity index (χ3n) is 3.73. The van der Waals surface area contributed by atoms with E-state index in [9.17, 15) is 0 Å². The zero-order chi connectivity index (χ0) is 14.8. The van der Waals surface area contributed by atoms with Gasteiger partial charge >= 0.3 is 0 Å². The van der Waals surface area contributed by atoms with E-state index in [2.05, 4.69) is 55.3 Å². The highest BCUT2D eigenvalue weighted by molar-refractivity contribution is 7.13. The number of hydrogen-bond acceptors (Lipinski definition) is 4. The summed E-state index contributed by atoms with van der Waals surface area (Å²) in [4.78, 5) is 7.23. The van der Waals surface area contributed by atoms with Crippen molar-refractivity contribution in [2.75, 3.05) is 13.1 Å². The van der Waals surface area contributed by atoms with Gasteiger partial charge in [-0.05, 0) is 20.8 Å². The fraction of sp³-hybridized carbons (Fsp3) is 0.471. The smallest absolute Gasteiger partial charge is 0.123 e. The fourth-order valence-corrected chi connectivity index (χ4v) is 3.67. The Bertz CT molecular complexity index is 583. The van der Waals surface area contributed by atoms with Crippen LogP contribution in [0.25, 0.3) is 10.6 Å². The van der Waals surface area contributed by atoms with E-state index in [-0.39, 0.29) is 0 Å². The molecule has 1 aliphatic rings.